The molecule has 1 saturated heterocycles. The molecule has 0 radical (unpaired) electrons. The zero-order valence-electron chi connectivity index (χ0n) is 25.5. The number of hydrogen-bond acceptors (Lipinski definition) is 8. The number of carbonyl (C=O) groups excluding carboxylic acids is 2. The van der Waals surface area contributed by atoms with Gasteiger partial charge in [-0.1, -0.05) is 89.8 Å². The predicted molar refractivity (Wildman–Crippen MR) is 179 cm³/mol. The monoisotopic (exact) mass is 633 g/mol. The van der Waals surface area contributed by atoms with E-state index >= 15 is 0 Å². The number of thioether (sulfide) groups is 1. The number of hydrogen-bond donors (Lipinski definition) is 1. The van der Waals surface area contributed by atoms with Crippen LogP contribution < -0.4 is 5.56 Å². The number of carbonyl (C=O) groups is 2. The number of nitrogens with zero attached hydrogens (tertiary/aromatic N) is 5. The summed E-state index contributed by atoms with van der Waals surface area (Å²) in [5, 5.41) is 19.9. The molecule has 0 unspecified atom stereocenters. The molecule has 5 aromatic rings. The highest BCUT2D eigenvalue weighted by Gasteiger charge is 2.41. The molecule has 6 rings (SSSR count). The van der Waals surface area contributed by atoms with Crippen molar-refractivity contribution >= 4 is 33.8 Å². The van der Waals surface area contributed by atoms with Gasteiger partial charge < -0.3 is 5.11 Å². The topological polar surface area (TPSA) is 118 Å². The van der Waals surface area contributed by atoms with Crippen LogP contribution >= 0.6 is 11.8 Å². The average Bonchev–Trinajstić information content (AvgIpc) is 3.45. The normalized spacial score (nSPS) is 16.1. The van der Waals surface area contributed by atoms with Crippen LogP contribution in [0.15, 0.2) is 102 Å². The third-order valence-corrected chi connectivity index (χ3v) is 9.46. The number of imide groups is 1. The molecular weight excluding hydrogens is 598 g/mol. The summed E-state index contributed by atoms with van der Waals surface area (Å²) in [6.07, 6.45) is 2.27. The number of pyridine rings is 1. The third kappa shape index (κ3) is 7.08. The van der Waals surface area contributed by atoms with Crippen LogP contribution in [-0.4, -0.2) is 59.0 Å². The van der Waals surface area contributed by atoms with Gasteiger partial charge in [-0.3, -0.25) is 24.3 Å². The van der Waals surface area contributed by atoms with Crippen LogP contribution in [0.3, 0.4) is 0 Å². The highest BCUT2D eigenvalue weighted by Crippen LogP contribution is 2.31. The molecule has 3 atom stereocenters. The quantitative estimate of drug-likeness (QED) is 0.204. The van der Waals surface area contributed by atoms with Crippen LogP contribution in [0, 0.1) is 12.8 Å². The first-order valence-corrected chi connectivity index (χ1v) is 16.4. The second-order valence-electron chi connectivity index (χ2n) is 11.7. The fraction of sp³-hybridized carbons (Fsp3) is 0.278. The minimum Gasteiger partial charge on any atom is -0.392 e. The Morgan fingerprint density at radius 3 is 2.46 bits per heavy atom. The smallest absolute Gasteiger partial charge is 0.288 e. The third-order valence-electron chi connectivity index (χ3n) is 8.47. The van der Waals surface area contributed by atoms with Crippen molar-refractivity contribution in [2.75, 3.05) is 5.75 Å². The van der Waals surface area contributed by atoms with E-state index in [1.807, 2.05) is 79.9 Å². The Morgan fingerprint density at radius 1 is 0.935 bits per heavy atom. The lowest BCUT2D eigenvalue weighted by atomic mass is 9.91. The molecule has 2 aromatic heterocycles. The van der Waals surface area contributed by atoms with E-state index in [-0.39, 0.29) is 29.8 Å². The second-order valence-corrected chi connectivity index (χ2v) is 12.7. The van der Waals surface area contributed by atoms with Crippen LogP contribution in [0.4, 0.5) is 4.79 Å². The number of aryl methyl sites for hydroxylation is 3. The van der Waals surface area contributed by atoms with Gasteiger partial charge >= 0.3 is 0 Å². The van der Waals surface area contributed by atoms with Gasteiger partial charge in [-0.25, -0.2) is 4.68 Å². The first kappa shape index (κ1) is 31.3. The molecule has 2 amide bonds. The van der Waals surface area contributed by atoms with Crippen molar-refractivity contribution in [3.63, 3.8) is 0 Å². The fourth-order valence-electron chi connectivity index (χ4n) is 5.85. The predicted octanol–water partition coefficient (Wildman–Crippen LogP) is 5.47. The van der Waals surface area contributed by atoms with Crippen molar-refractivity contribution in [2.24, 2.45) is 5.92 Å². The van der Waals surface area contributed by atoms with Crippen LogP contribution in [0.1, 0.15) is 29.5 Å². The summed E-state index contributed by atoms with van der Waals surface area (Å²) in [4.78, 5) is 46.2. The van der Waals surface area contributed by atoms with Crippen molar-refractivity contribution < 1.29 is 14.7 Å². The maximum Gasteiger partial charge on any atom is 0.288 e. The summed E-state index contributed by atoms with van der Waals surface area (Å²) < 4.78 is 1.23. The van der Waals surface area contributed by atoms with Crippen molar-refractivity contribution in [1.82, 2.24) is 24.9 Å². The van der Waals surface area contributed by atoms with Crippen LogP contribution in [-0.2, 0) is 24.2 Å². The summed E-state index contributed by atoms with van der Waals surface area (Å²) in [5.41, 5.74) is 5.18. The van der Waals surface area contributed by atoms with Gasteiger partial charge in [0.1, 0.15) is 5.52 Å². The molecule has 9 nitrogen and oxygen atoms in total. The van der Waals surface area contributed by atoms with Gasteiger partial charge in [-0.15, -0.1) is 5.10 Å². The lowest BCUT2D eigenvalue weighted by Crippen LogP contribution is -2.47. The zero-order valence-corrected chi connectivity index (χ0v) is 26.3. The van der Waals surface area contributed by atoms with Gasteiger partial charge in [0.2, 0.25) is 5.91 Å². The Morgan fingerprint density at radius 2 is 1.70 bits per heavy atom. The van der Waals surface area contributed by atoms with Gasteiger partial charge in [0.25, 0.3) is 10.8 Å². The molecule has 3 aromatic carbocycles. The number of rotatable bonds is 11. The van der Waals surface area contributed by atoms with Crippen LogP contribution in [0.5, 0.6) is 0 Å². The van der Waals surface area contributed by atoms with E-state index in [1.165, 1.54) is 9.58 Å². The molecule has 3 heterocycles. The van der Waals surface area contributed by atoms with E-state index in [2.05, 4.69) is 15.3 Å². The average molecular weight is 634 g/mol. The highest BCUT2D eigenvalue weighted by molar-refractivity contribution is 8.14. The molecule has 0 saturated carbocycles. The summed E-state index contributed by atoms with van der Waals surface area (Å²) in [7, 11) is 0. The Labute approximate surface area is 271 Å². The molecule has 1 N–H and O–H groups in total. The molecule has 1 aliphatic heterocycles. The molecule has 0 aliphatic carbocycles. The van der Waals surface area contributed by atoms with E-state index < -0.39 is 17.9 Å². The second kappa shape index (κ2) is 14.2. The van der Waals surface area contributed by atoms with Crippen molar-refractivity contribution in [1.29, 1.82) is 0 Å². The molecule has 46 heavy (non-hydrogen) atoms. The van der Waals surface area contributed by atoms with Crippen molar-refractivity contribution in [2.45, 2.75) is 51.3 Å². The first-order chi connectivity index (χ1) is 22.4. The van der Waals surface area contributed by atoms with Gasteiger partial charge in [0.15, 0.2) is 0 Å². The summed E-state index contributed by atoms with van der Waals surface area (Å²) in [6.45, 7) is 2.07. The minimum atomic E-state index is -1.05. The van der Waals surface area contributed by atoms with E-state index in [0.29, 0.717) is 35.9 Å². The number of fused-ring (bicyclic) bond motifs is 1. The molecular formula is C36H35N5O4S. The molecule has 1 aliphatic rings. The van der Waals surface area contributed by atoms with Crippen molar-refractivity contribution in [3.8, 4) is 11.3 Å². The lowest BCUT2D eigenvalue weighted by Gasteiger charge is -2.29. The van der Waals surface area contributed by atoms with Gasteiger partial charge in [0.05, 0.1) is 29.1 Å². The zero-order chi connectivity index (χ0) is 32.0. The molecule has 10 heteroatoms. The minimum absolute atomic E-state index is 0.0703. The molecule has 1 fully saturated rings. The Bertz CT molecular complexity index is 1880. The number of aromatic nitrogens is 4. The molecule has 234 valence electrons. The summed E-state index contributed by atoms with van der Waals surface area (Å²) in [5.74, 6) is -0.858. The Kier molecular flexibility index (Phi) is 9.65. The van der Waals surface area contributed by atoms with E-state index in [1.54, 1.807) is 24.3 Å². The van der Waals surface area contributed by atoms with Gasteiger partial charge in [0, 0.05) is 24.1 Å². The van der Waals surface area contributed by atoms with E-state index in [4.69, 9.17) is 0 Å². The Hall–Kier alpha value is -4.67. The summed E-state index contributed by atoms with van der Waals surface area (Å²) >= 11 is 1.12. The number of amides is 2. The fourth-order valence-corrected chi connectivity index (χ4v) is 6.83. The Balaban J connectivity index is 1.21. The van der Waals surface area contributed by atoms with Crippen LogP contribution in [0.2, 0.25) is 0 Å². The number of aliphatic hydroxyl groups excluding tert-OH is 1. The maximum atomic E-state index is 14.2. The van der Waals surface area contributed by atoms with Gasteiger partial charge in [-0.2, -0.15) is 0 Å². The maximum absolute atomic E-state index is 14.2. The number of aliphatic hydroxyl groups is 1. The summed E-state index contributed by atoms with van der Waals surface area (Å²) in [6, 6.07) is 28.4. The van der Waals surface area contributed by atoms with E-state index in [9.17, 15) is 19.5 Å². The number of benzene rings is 3. The van der Waals surface area contributed by atoms with Crippen LogP contribution in [0.25, 0.3) is 22.2 Å². The standard InChI is InChI=1S/C36H35N5O4S/c1-24-11-17-31(37-22-24)27-15-12-25(13-16-27)14-18-33(42)30(19-20-40-34(43)29-9-5-6-10-32(29)38-39-40)35(44)41-28(23-46-36(41)45)21-26-7-3-2-4-8-26/h2-13,15-17,22,28,30,33,42H,14,18-21,23H2,1H3/t28-,30-,33+/m0/s1. The first-order valence-electron chi connectivity index (χ1n) is 15.4. The van der Waals surface area contributed by atoms with E-state index in [0.717, 1.165) is 39.7 Å². The van der Waals surface area contributed by atoms with Gasteiger partial charge in [-0.05, 0) is 67.5 Å². The SMILES string of the molecule is Cc1ccc(-c2ccc(CC[C@@H](O)[C@H](CCn3nnc4ccccc4c3=O)C(=O)N3C(=O)SC[C@@H]3Cc3ccccc3)cc2)nc1. The molecule has 0 bridgehead atoms. The van der Waals surface area contributed by atoms with Crippen molar-refractivity contribution in [3.05, 3.63) is 124 Å². The highest BCUT2D eigenvalue weighted by atomic mass is 32.2. The molecule has 0 spiro atoms. The lowest BCUT2D eigenvalue weighted by molar-refractivity contribution is -0.137. The largest absolute Gasteiger partial charge is 0.392 e.